The first kappa shape index (κ1) is 18.1. The zero-order valence-corrected chi connectivity index (χ0v) is 14.0. The number of alkyl halides is 3. The van der Waals surface area contributed by atoms with Crippen LogP contribution in [0.3, 0.4) is 0 Å². The molecule has 0 N–H and O–H groups in total. The minimum absolute atomic E-state index is 0.00104. The van der Waals surface area contributed by atoms with E-state index in [1.165, 1.54) is 42.5 Å². The normalized spacial score (nSPS) is 11.5. The van der Waals surface area contributed by atoms with Gasteiger partial charge in [-0.1, -0.05) is 42.5 Å². The van der Waals surface area contributed by atoms with E-state index in [0.717, 1.165) is 0 Å². The van der Waals surface area contributed by atoms with Crippen molar-refractivity contribution in [1.29, 1.82) is 0 Å². The summed E-state index contributed by atoms with van der Waals surface area (Å²) in [4.78, 5) is 12.8. The predicted molar refractivity (Wildman–Crippen MR) is 93.6 cm³/mol. The van der Waals surface area contributed by atoms with Crippen LogP contribution in [0.1, 0.15) is 5.76 Å². The fraction of sp³-hybridized carbons (Fsp3) is 0.105. The van der Waals surface area contributed by atoms with Crippen LogP contribution in [0.15, 0.2) is 64.3 Å². The maximum absolute atomic E-state index is 13.6. The minimum atomic E-state index is -4.88. The Hall–Kier alpha value is -2.73. The van der Waals surface area contributed by atoms with Crippen molar-refractivity contribution in [2.45, 2.75) is 6.18 Å². The maximum Gasteiger partial charge on any atom is 0.450 e. The summed E-state index contributed by atoms with van der Waals surface area (Å²) in [5.41, 5.74) is -1.69. The van der Waals surface area contributed by atoms with Gasteiger partial charge in [-0.2, -0.15) is 13.2 Å². The Kier molecular flexibility index (Phi) is 4.78. The molecular formula is C19H12ClF3O3. The summed E-state index contributed by atoms with van der Waals surface area (Å²) in [7, 11) is 0. The van der Waals surface area contributed by atoms with E-state index in [1.807, 2.05) is 0 Å². The first-order chi connectivity index (χ1) is 12.3. The van der Waals surface area contributed by atoms with Gasteiger partial charge in [0, 0.05) is 16.7 Å². The van der Waals surface area contributed by atoms with Crippen LogP contribution in [-0.2, 0) is 6.18 Å². The van der Waals surface area contributed by atoms with Gasteiger partial charge in [0.15, 0.2) is 0 Å². The van der Waals surface area contributed by atoms with Crippen molar-refractivity contribution in [1.82, 2.24) is 0 Å². The molecule has 0 radical (unpaired) electrons. The zero-order valence-electron chi connectivity index (χ0n) is 13.3. The highest BCUT2D eigenvalue weighted by Gasteiger charge is 2.39. The third-order valence-electron chi connectivity index (χ3n) is 3.63. The first-order valence-corrected chi connectivity index (χ1v) is 7.87. The van der Waals surface area contributed by atoms with Crippen LogP contribution in [0, 0.1) is 0 Å². The lowest BCUT2D eigenvalue weighted by molar-refractivity contribution is -0.152. The van der Waals surface area contributed by atoms with Crippen molar-refractivity contribution >= 4 is 22.6 Å². The summed E-state index contributed by atoms with van der Waals surface area (Å²) in [6.07, 6.45) is -3.39. The molecule has 0 spiro atoms. The molecule has 0 bridgehead atoms. The quantitative estimate of drug-likeness (QED) is 0.545. The van der Waals surface area contributed by atoms with Crippen LogP contribution >= 0.6 is 11.6 Å². The minimum Gasteiger partial charge on any atom is -0.489 e. The molecule has 1 heterocycles. The molecule has 0 saturated heterocycles. The van der Waals surface area contributed by atoms with Gasteiger partial charge in [-0.05, 0) is 18.2 Å². The van der Waals surface area contributed by atoms with E-state index < -0.39 is 22.9 Å². The van der Waals surface area contributed by atoms with Crippen LogP contribution < -0.4 is 10.2 Å². The van der Waals surface area contributed by atoms with Gasteiger partial charge in [-0.15, -0.1) is 0 Å². The van der Waals surface area contributed by atoms with Gasteiger partial charge < -0.3 is 9.15 Å². The molecule has 0 atom stereocenters. The molecule has 1 aromatic heterocycles. The second kappa shape index (κ2) is 6.88. The fourth-order valence-corrected chi connectivity index (χ4v) is 2.76. The van der Waals surface area contributed by atoms with Gasteiger partial charge in [0.2, 0.25) is 11.2 Å². The Morgan fingerprint density at radius 2 is 1.92 bits per heavy atom. The van der Waals surface area contributed by atoms with E-state index in [0.29, 0.717) is 0 Å². The van der Waals surface area contributed by atoms with E-state index in [1.54, 1.807) is 6.07 Å². The molecule has 0 aliphatic rings. The number of hydrogen-bond donors (Lipinski definition) is 0. The molecule has 0 aliphatic carbocycles. The Balaban J connectivity index is 2.34. The Bertz CT molecular complexity index is 1040. The molecule has 0 amide bonds. The van der Waals surface area contributed by atoms with Gasteiger partial charge in [-0.25, -0.2) is 0 Å². The second-order valence-corrected chi connectivity index (χ2v) is 5.78. The summed E-state index contributed by atoms with van der Waals surface area (Å²) < 4.78 is 51.0. The lowest BCUT2D eigenvalue weighted by Crippen LogP contribution is -2.16. The highest BCUT2D eigenvalue weighted by atomic mass is 35.5. The van der Waals surface area contributed by atoms with Gasteiger partial charge in [0.25, 0.3) is 0 Å². The van der Waals surface area contributed by atoms with Gasteiger partial charge >= 0.3 is 6.18 Å². The largest absolute Gasteiger partial charge is 0.489 e. The zero-order chi connectivity index (χ0) is 18.9. The van der Waals surface area contributed by atoms with Crippen molar-refractivity contribution in [3.63, 3.8) is 0 Å². The molecular weight excluding hydrogens is 369 g/mol. The van der Waals surface area contributed by atoms with Gasteiger partial charge in [0.05, 0.1) is 10.9 Å². The summed E-state index contributed by atoms with van der Waals surface area (Å²) in [5, 5.41) is 0.0226. The van der Waals surface area contributed by atoms with E-state index >= 15 is 0 Å². The number of rotatable bonds is 4. The van der Waals surface area contributed by atoms with Crippen LogP contribution in [0.5, 0.6) is 5.75 Å². The van der Waals surface area contributed by atoms with Crippen LogP contribution in [0.25, 0.3) is 22.1 Å². The van der Waals surface area contributed by atoms with E-state index in [4.69, 9.17) is 20.8 Å². The molecule has 3 rings (SSSR count). The number of benzene rings is 2. The topological polar surface area (TPSA) is 39.4 Å². The fourth-order valence-electron chi connectivity index (χ4n) is 2.53. The molecule has 0 fully saturated rings. The van der Waals surface area contributed by atoms with Gasteiger partial charge in [0.1, 0.15) is 17.9 Å². The van der Waals surface area contributed by atoms with Crippen LogP contribution in [0.4, 0.5) is 13.2 Å². The molecule has 134 valence electrons. The first-order valence-electron chi connectivity index (χ1n) is 7.49. The summed E-state index contributed by atoms with van der Waals surface area (Å²) in [6, 6.07) is 9.89. The maximum atomic E-state index is 13.6. The van der Waals surface area contributed by atoms with Crippen molar-refractivity contribution in [3.05, 3.63) is 76.1 Å². The molecule has 3 nitrogen and oxygen atoms in total. The highest BCUT2D eigenvalue weighted by Crippen LogP contribution is 2.39. The second-order valence-electron chi connectivity index (χ2n) is 5.37. The highest BCUT2D eigenvalue weighted by molar-refractivity contribution is 6.33. The predicted octanol–water partition coefficient (Wildman–Crippen LogP) is 5.70. The monoisotopic (exact) mass is 380 g/mol. The molecule has 26 heavy (non-hydrogen) atoms. The Morgan fingerprint density at radius 3 is 2.58 bits per heavy atom. The van der Waals surface area contributed by atoms with Crippen molar-refractivity contribution in [3.8, 4) is 16.9 Å². The lowest BCUT2D eigenvalue weighted by Gasteiger charge is -2.14. The van der Waals surface area contributed by atoms with E-state index in [2.05, 4.69) is 6.58 Å². The lowest BCUT2D eigenvalue weighted by atomic mass is 10.0. The summed E-state index contributed by atoms with van der Waals surface area (Å²) in [6.45, 7) is 3.66. The average Bonchev–Trinajstić information content (AvgIpc) is 2.60. The van der Waals surface area contributed by atoms with E-state index in [9.17, 15) is 18.0 Å². The smallest absolute Gasteiger partial charge is 0.450 e. The van der Waals surface area contributed by atoms with Crippen molar-refractivity contribution < 1.29 is 22.3 Å². The van der Waals surface area contributed by atoms with Crippen molar-refractivity contribution in [2.24, 2.45) is 0 Å². The number of hydrogen-bond acceptors (Lipinski definition) is 3. The molecule has 3 aromatic rings. The molecule has 7 heteroatoms. The van der Waals surface area contributed by atoms with Crippen LogP contribution in [0.2, 0.25) is 5.02 Å². The molecule has 0 unspecified atom stereocenters. The van der Waals surface area contributed by atoms with Crippen molar-refractivity contribution in [2.75, 3.05) is 6.61 Å². The summed E-state index contributed by atoms with van der Waals surface area (Å²) in [5.74, 6) is -1.14. The average molecular weight is 381 g/mol. The van der Waals surface area contributed by atoms with E-state index in [-0.39, 0.29) is 33.9 Å². The molecule has 0 saturated carbocycles. The number of halogens is 4. The Morgan fingerprint density at radius 1 is 1.19 bits per heavy atom. The SMILES string of the molecule is C=CCOc1ccc2c(=O)c(-c3ccccc3Cl)c(C(F)(F)F)oc2c1. The van der Waals surface area contributed by atoms with Crippen LogP contribution in [-0.4, -0.2) is 6.61 Å². The molecule has 0 aliphatic heterocycles. The standard InChI is InChI=1S/C19H12ClF3O3/c1-2-9-25-11-7-8-13-15(10-11)26-18(19(21,22)23)16(17(13)24)12-5-3-4-6-14(12)20/h2-8,10H,1,9H2. The number of fused-ring (bicyclic) bond motifs is 1. The molecule has 2 aromatic carbocycles. The third kappa shape index (κ3) is 3.32. The summed E-state index contributed by atoms with van der Waals surface area (Å²) >= 11 is 6.01. The Labute approximate surface area is 151 Å². The number of ether oxygens (including phenoxy) is 1. The van der Waals surface area contributed by atoms with Gasteiger partial charge in [-0.3, -0.25) is 4.79 Å². The third-order valence-corrected chi connectivity index (χ3v) is 3.96.